The van der Waals surface area contributed by atoms with Crippen molar-refractivity contribution in [1.82, 2.24) is 4.90 Å². The van der Waals surface area contributed by atoms with Crippen molar-refractivity contribution in [3.8, 4) is 0 Å². The third-order valence-electron chi connectivity index (χ3n) is 2.83. The molecule has 1 aliphatic rings. The van der Waals surface area contributed by atoms with Gasteiger partial charge >= 0.3 is 5.97 Å². The largest absolute Gasteiger partial charge is 0.481 e. The molecule has 1 saturated heterocycles. The third-order valence-corrected chi connectivity index (χ3v) is 2.83. The first kappa shape index (κ1) is 13.9. The lowest BCUT2D eigenvalue weighted by molar-refractivity contribution is -0.145. The molecule has 6 heteroatoms. The summed E-state index contributed by atoms with van der Waals surface area (Å²) >= 11 is 0. The van der Waals surface area contributed by atoms with Gasteiger partial charge in [0.15, 0.2) is 0 Å². The van der Waals surface area contributed by atoms with Crippen molar-refractivity contribution in [3.63, 3.8) is 0 Å². The zero-order chi connectivity index (χ0) is 12.8. The maximum absolute atomic E-state index is 11.7. The van der Waals surface area contributed by atoms with Crippen LogP contribution in [-0.4, -0.2) is 61.4 Å². The molecule has 1 aliphatic heterocycles. The normalized spacial score (nSPS) is 23.6. The minimum atomic E-state index is -0.929. The van der Waals surface area contributed by atoms with Crippen LogP contribution in [0, 0.1) is 5.92 Å². The summed E-state index contributed by atoms with van der Waals surface area (Å²) in [5.74, 6) is -1.78. The molecule has 0 saturated carbocycles. The van der Waals surface area contributed by atoms with Crippen LogP contribution in [-0.2, 0) is 19.1 Å². The first-order valence-electron chi connectivity index (χ1n) is 5.71. The van der Waals surface area contributed by atoms with E-state index in [1.165, 1.54) is 4.90 Å². The van der Waals surface area contributed by atoms with E-state index in [0.717, 1.165) is 6.42 Å². The molecule has 0 aromatic carbocycles. The molecule has 1 heterocycles. The molecule has 17 heavy (non-hydrogen) atoms. The minimum absolute atomic E-state index is 0.00677. The Morgan fingerprint density at radius 1 is 1.47 bits per heavy atom. The summed E-state index contributed by atoms with van der Waals surface area (Å²) in [7, 11) is 1.59. The van der Waals surface area contributed by atoms with E-state index in [1.54, 1.807) is 7.05 Å². The van der Waals surface area contributed by atoms with Crippen molar-refractivity contribution in [2.45, 2.75) is 19.4 Å². The number of hydrogen-bond donors (Lipinski definition) is 1. The van der Waals surface area contributed by atoms with Crippen LogP contribution >= 0.6 is 0 Å². The smallest absolute Gasteiger partial charge is 0.311 e. The maximum Gasteiger partial charge on any atom is 0.311 e. The highest BCUT2D eigenvalue weighted by Gasteiger charge is 2.38. The van der Waals surface area contributed by atoms with Gasteiger partial charge in [-0.3, -0.25) is 9.59 Å². The molecular weight excluding hydrogens is 226 g/mol. The Balaban J connectivity index is 2.47. The molecule has 0 aromatic heterocycles. The fourth-order valence-electron chi connectivity index (χ4n) is 1.75. The number of amides is 1. The van der Waals surface area contributed by atoms with Gasteiger partial charge in [0.2, 0.25) is 5.91 Å². The fourth-order valence-corrected chi connectivity index (χ4v) is 1.75. The summed E-state index contributed by atoms with van der Waals surface area (Å²) in [6.07, 6.45) is 0.848. The second-order valence-corrected chi connectivity index (χ2v) is 4.11. The molecule has 0 radical (unpaired) electrons. The van der Waals surface area contributed by atoms with Crippen LogP contribution in [0.2, 0.25) is 0 Å². The number of rotatable bonds is 6. The van der Waals surface area contributed by atoms with Gasteiger partial charge in [-0.2, -0.15) is 0 Å². The molecule has 0 aliphatic carbocycles. The van der Waals surface area contributed by atoms with E-state index in [2.05, 4.69) is 0 Å². The Morgan fingerprint density at radius 3 is 2.76 bits per heavy atom. The predicted octanol–water partition coefficient (Wildman–Crippen LogP) is -0.0290. The minimum Gasteiger partial charge on any atom is -0.481 e. The van der Waals surface area contributed by atoms with E-state index >= 15 is 0 Å². The topological polar surface area (TPSA) is 76.1 Å². The highest BCUT2D eigenvalue weighted by molar-refractivity contribution is 5.79. The van der Waals surface area contributed by atoms with E-state index in [9.17, 15) is 9.59 Å². The monoisotopic (exact) mass is 245 g/mol. The van der Waals surface area contributed by atoms with E-state index in [4.69, 9.17) is 14.6 Å². The highest BCUT2D eigenvalue weighted by atomic mass is 16.5. The van der Waals surface area contributed by atoms with Gasteiger partial charge in [-0.15, -0.1) is 0 Å². The van der Waals surface area contributed by atoms with Crippen molar-refractivity contribution >= 4 is 11.9 Å². The summed E-state index contributed by atoms with van der Waals surface area (Å²) in [6, 6.07) is -0.398. The number of ether oxygens (including phenoxy) is 2. The van der Waals surface area contributed by atoms with E-state index in [0.29, 0.717) is 6.61 Å². The molecule has 98 valence electrons. The average Bonchev–Trinajstić information content (AvgIpc) is 2.77. The predicted molar refractivity (Wildman–Crippen MR) is 59.6 cm³/mol. The quantitative estimate of drug-likeness (QED) is 0.665. The Bertz CT molecular complexity index is 281. The van der Waals surface area contributed by atoms with Crippen LogP contribution in [0.3, 0.4) is 0 Å². The van der Waals surface area contributed by atoms with Gasteiger partial charge in [0.1, 0.15) is 12.5 Å². The Kier molecular flexibility index (Phi) is 5.37. The van der Waals surface area contributed by atoms with Crippen molar-refractivity contribution < 1.29 is 24.2 Å². The van der Waals surface area contributed by atoms with Crippen molar-refractivity contribution in [3.05, 3.63) is 0 Å². The SMILES string of the molecule is CCCOCC(=O)N(C)C1COCC1C(=O)O. The van der Waals surface area contributed by atoms with E-state index in [-0.39, 0.29) is 25.7 Å². The molecule has 0 spiro atoms. The summed E-state index contributed by atoms with van der Waals surface area (Å²) in [6.45, 7) is 2.91. The summed E-state index contributed by atoms with van der Waals surface area (Å²) in [5, 5.41) is 8.98. The lowest BCUT2D eigenvalue weighted by Crippen LogP contribution is -2.45. The first-order chi connectivity index (χ1) is 8.07. The van der Waals surface area contributed by atoms with Gasteiger partial charge in [0.25, 0.3) is 0 Å². The second-order valence-electron chi connectivity index (χ2n) is 4.11. The third kappa shape index (κ3) is 3.67. The number of likely N-dealkylation sites (N-methyl/N-ethyl adjacent to an activating group) is 1. The lowest BCUT2D eigenvalue weighted by Gasteiger charge is -2.26. The summed E-state index contributed by atoms with van der Waals surface area (Å²) < 4.78 is 10.3. The van der Waals surface area contributed by atoms with Gasteiger partial charge in [-0.25, -0.2) is 0 Å². The van der Waals surface area contributed by atoms with Crippen LogP contribution < -0.4 is 0 Å². The van der Waals surface area contributed by atoms with Crippen molar-refractivity contribution in [2.24, 2.45) is 5.92 Å². The maximum atomic E-state index is 11.7. The standard InChI is InChI=1S/C11H19NO5/c1-3-4-16-7-10(13)12(2)9-6-17-5-8(9)11(14)15/h8-9H,3-7H2,1-2H3,(H,14,15). The number of hydrogen-bond acceptors (Lipinski definition) is 4. The average molecular weight is 245 g/mol. The van der Waals surface area contributed by atoms with Gasteiger partial charge in [0.05, 0.1) is 19.3 Å². The zero-order valence-corrected chi connectivity index (χ0v) is 10.2. The molecule has 2 atom stereocenters. The molecular formula is C11H19NO5. The zero-order valence-electron chi connectivity index (χ0n) is 10.2. The second kappa shape index (κ2) is 6.56. The van der Waals surface area contributed by atoms with Gasteiger partial charge in [-0.1, -0.05) is 6.92 Å². The lowest BCUT2D eigenvalue weighted by atomic mass is 10.0. The molecule has 0 bridgehead atoms. The molecule has 2 unspecified atom stereocenters. The number of carboxylic acids is 1. The molecule has 1 rings (SSSR count). The summed E-state index contributed by atoms with van der Waals surface area (Å²) in [4.78, 5) is 24.1. The van der Waals surface area contributed by atoms with Crippen LogP contribution in [0.4, 0.5) is 0 Å². The molecule has 1 fully saturated rings. The molecule has 6 nitrogen and oxygen atoms in total. The van der Waals surface area contributed by atoms with Crippen molar-refractivity contribution in [2.75, 3.05) is 33.5 Å². The van der Waals surface area contributed by atoms with E-state index < -0.39 is 17.9 Å². The van der Waals surface area contributed by atoms with E-state index in [1.807, 2.05) is 6.92 Å². The van der Waals surface area contributed by atoms with Crippen LogP contribution in [0.1, 0.15) is 13.3 Å². The summed E-state index contributed by atoms with van der Waals surface area (Å²) in [5.41, 5.74) is 0. The Morgan fingerprint density at radius 2 is 2.18 bits per heavy atom. The van der Waals surface area contributed by atoms with Gasteiger partial charge in [-0.05, 0) is 6.42 Å². The van der Waals surface area contributed by atoms with Gasteiger partial charge < -0.3 is 19.5 Å². The van der Waals surface area contributed by atoms with Gasteiger partial charge in [0, 0.05) is 13.7 Å². The highest BCUT2D eigenvalue weighted by Crippen LogP contribution is 2.19. The number of carbonyl (C=O) groups is 2. The molecule has 1 amide bonds. The number of carboxylic acid groups (broad SMARTS) is 1. The fraction of sp³-hybridized carbons (Fsp3) is 0.818. The van der Waals surface area contributed by atoms with Crippen LogP contribution in [0.15, 0.2) is 0 Å². The number of carbonyl (C=O) groups excluding carboxylic acids is 1. The molecule has 1 N–H and O–H groups in total. The van der Waals surface area contributed by atoms with Crippen LogP contribution in [0.25, 0.3) is 0 Å². The van der Waals surface area contributed by atoms with Crippen molar-refractivity contribution in [1.29, 1.82) is 0 Å². The van der Waals surface area contributed by atoms with Crippen LogP contribution in [0.5, 0.6) is 0 Å². The number of aliphatic carboxylic acids is 1. The molecule has 0 aromatic rings. The first-order valence-corrected chi connectivity index (χ1v) is 5.71. The Labute approximate surface area is 100 Å². The Hall–Kier alpha value is -1.14. The number of nitrogens with zero attached hydrogens (tertiary/aromatic N) is 1.